The van der Waals surface area contributed by atoms with Crippen LogP contribution in [-0.2, 0) is 35.7 Å². The van der Waals surface area contributed by atoms with Crippen molar-refractivity contribution < 1.29 is 28.5 Å². The maximum atomic E-state index is 12.9. The lowest BCUT2D eigenvalue weighted by Crippen LogP contribution is -2.31. The molecule has 0 spiro atoms. The molecule has 0 atom stereocenters. The van der Waals surface area contributed by atoms with Crippen LogP contribution in [0.4, 0.5) is 9.59 Å². The number of rotatable bonds is 14. The van der Waals surface area contributed by atoms with Crippen LogP contribution in [0, 0.1) is 0 Å². The Bertz CT molecular complexity index is 1310. The van der Waals surface area contributed by atoms with E-state index < -0.39 is 12.2 Å². The van der Waals surface area contributed by atoms with Gasteiger partial charge in [-0.2, -0.15) is 0 Å². The van der Waals surface area contributed by atoms with Crippen LogP contribution in [0.3, 0.4) is 0 Å². The van der Waals surface area contributed by atoms with Gasteiger partial charge in [-0.05, 0) is 45.8 Å². The lowest BCUT2D eigenvalue weighted by atomic mass is 10.4. The second kappa shape index (κ2) is 15.4. The minimum atomic E-state index is -0.487. The van der Waals surface area contributed by atoms with Gasteiger partial charge < -0.3 is 18.9 Å². The Morgan fingerprint density at radius 3 is 1.26 bits per heavy atom. The third-order valence-corrected chi connectivity index (χ3v) is 9.17. The van der Waals surface area contributed by atoms with E-state index in [1.807, 2.05) is 70.1 Å². The highest BCUT2D eigenvalue weighted by molar-refractivity contribution is 7.10. The molecule has 0 aliphatic rings. The van der Waals surface area contributed by atoms with E-state index in [2.05, 4.69) is 4.98 Å². The highest BCUT2D eigenvalue weighted by Crippen LogP contribution is 2.21. The second-order valence-electron chi connectivity index (χ2n) is 8.73. The third-order valence-electron chi connectivity index (χ3n) is 5.73. The van der Waals surface area contributed by atoms with Gasteiger partial charge in [-0.15, -0.1) is 45.3 Å². The number of aromatic nitrogens is 1. The van der Waals surface area contributed by atoms with Crippen molar-refractivity contribution in [2.24, 2.45) is 0 Å². The molecule has 0 saturated carbocycles. The average molecular weight is 642 g/mol. The van der Waals surface area contributed by atoms with E-state index in [0.717, 1.165) is 19.5 Å². The molecule has 5 heterocycles. The summed E-state index contributed by atoms with van der Waals surface area (Å²) in [5.41, 5.74) is 0. The van der Waals surface area contributed by atoms with Gasteiger partial charge in [0, 0.05) is 25.6 Å². The lowest BCUT2D eigenvalue weighted by Gasteiger charge is -2.21. The van der Waals surface area contributed by atoms with Gasteiger partial charge in [0.1, 0.15) is 11.5 Å². The molecule has 42 heavy (non-hydrogen) atoms. The first-order chi connectivity index (χ1) is 20.6. The Hall–Kier alpha value is -3.91. The molecule has 0 saturated heterocycles. The van der Waals surface area contributed by atoms with Crippen molar-refractivity contribution in [2.45, 2.75) is 26.2 Å². The van der Waals surface area contributed by atoms with Crippen molar-refractivity contribution in [1.82, 2.24) is 14.8 Å². The Kier molecular flexibility index (Phi) is 10.8. The summed E-state index contributed by atoms with van der Waals surface area (Å²) in [5, 5.41) is 7.90. The van der Waals surface area contributed by atoms with E-state index >= 15 is 0 Å². The highest BCUT2D eigenvalue weighted by atomic mass is 32.1. The molecule has 0 bridgehead atoms. The lowest BCUT2D eigenvalue weighted by molar-refractivity contribution is 0.0292. The van der Waals surface area contributed by atoms with Gasteiger partial charge in [0.05, 0.1) is 38.6 Å². The van der Waals surface area contributed by atoms with Gasteiger partial charge in [-0.25, -0.2) is 9.59 Å². The normalized spacial score (nSPS) is 10.7. The summed E-state index contributed by atoms with van der Waals surface area (Å²) < 4.78 is 22.0. The Morgan fingerprint density at radius 2 is 0.952 bits per heavy atom. The van der Waals surface area contributed by atoms with Gasteiger partial charge in [-0.3, -0.25) is 14.8 Å². The molecule has 0 aliphatic heterocycles. The number of carbonyl (C=O) groups is 2. The maximum Gasteiger partial charge on any atom is 0.413 e. The molecular formula is C29H27N3O6S4. The summed E-state index contributed by atoms with van der Waals surface area (Å²) in [4.78, 5) is 37.3. The van der Waals surface area contributed by atoms with Gasteiger partial charge in [0.15, 0.2) is 0 Å². The van der Waals surface area contributed by atoms with Crippen LogP contribution in [-0.4, -0.2) is 40.6 Å². The van der Waals surface area contributed by atoms with Crippen molar-refractivity contribution in [3.05, 3.63) is 108 Å². The number of amides is 2. The first kappa shape index (κ1) is 29.6. The predicted octanol–water partition coefficient (Wildman–Crippen LogP) is 7.68. The molecule has 0 fully saturated rings. The topological polar surface area (TPSA) is 90.4 Å². The molecule has 0 N–H and O–H groups in total. The molecule has 218 valence electrons. The molecule has 0 radical (unpaired) electrons. The molecule has 0 aromatic carbocycles. The van der Waals surface area contributed by atoms with Crippen LogP contribution < -0.4 is 9.47 Å². The SMILES string of the molecule is O=C(OCOc1cncc(OCOC(=O)N(Cc2cccs2)Cc2cccs2)c1)N(Cc1cccs1)Cc1cccs1. The highest BCUT2D eigenvalue weighted by Gasteiger charge is 2.19. The molecule has 5 rings (SSSR count). The quantitative estimate of drug-likeness (QED) is 0.115. The zero-order valence-corrected chi connectivity index (χ0v) is 25.6. The molecular weight excluding hydrogens is 615 g/mol. The fourth-order valence-electron chi connectivity index (χ4n) is 3.77. The standard InChI is InChI=1S/C29H27N3O6S4/c33-28(31(16-24-5-1-9-39-24)17-25-6-2-10-40-25)37-20-35-22-13-23(15-30-14-22)36-21-38-29(34)32(18-26-7-3-11-41-26)19-27-8-4-12-42-27/h1-15H,16-21H2. The summed E-state index contributed by atoms with van der Waals surface area (Å²) in [5.74, 6) is 0.679. The number of thiophene rings is 4. The summed E-state index contributed by atoms with van der Waals surface area (Å²) in [6.45, 7) is 1.16. The molecule has 13 heteroatoms. The summed E-state index contributed by atoms with van der Waals surface area (Å²) >= 11 is 6.33. The van der Waals surface area contributed by atoms with E-state index in [0.29, 0.717) is 37.7 Å². The van der Waals surface area contributed by atoms with E-state index in [1.54, 1.807) is 61.2 Å². The first-order valence-electron chi connectivity index (χ1n) is 12.8. The molecule has 5 aromatic heterocycles. The Balaban J connectivity index is 1.09. The average Bonchev–Trinajstić information content (AvgIpc) is 3.82. The van der Waals surface area contributed by atoms with Crippen LogP contribution >= 0.6 is 45.3 Å². The van der Waals surface area contributed by atoms with Gasteiger partial charge in [-0.1, -0.05) is 24.3 Å². The van der Waals surface area contributed by atoms with Crippen molar-refractivity contribution in [3.8, 4) is 11.5 Å². The van der Waals surface area contributed by atoms with Crippen LogP contribution in [0.25, 0.3) is 0 Å². The van der Waals surface area contributed by atoms with E-state index in [-0.39, 0.29) is 13.6 Å². The number of carbonyl (C=O) groups excluding carboxylic acids is 2. The van der Waals surface area contributed by atoms with E-state index in [4.69, 9.17) is 18.9 Å². The molecule has 5 aromatic rings. The number of pyridine rings is 1. The number of nitrogens with zero attached hydrogens (tertiary/aromatic N) is 3. The first-order valence-corrected chi connectivity index (χ1v) is 16.3. The van der Waals surface area contributed by atoms with E-state index in [1.165, 1.54) is 12.4 Å². The smallest absolute Gasteiger partial charge is 0.413 e. The zero-order chi connectivity index (χ0) is 29.0. The molecule has 0 unspecified atom stereocenters. The summed E-state index contributed by atoms with van der Waals surface area (Å²) in [6, 6.07) is 17.3. The zero-order valence-electron chi connectivity index (χ0n) is 22.3. The fourth-order valence-corrected chi connectivity index (χ4v) is 6.65. The minimum absolute atomic E-state index is 0.301. The van der Waals surface area contributed by atoms with Gasteiger partial charge in [0.2, 0.25) is 13.6 Å². The van der Waals surface area contributed by atoms with Crippen LogP contribution in [0.5, 0.6) is 11.5 Å². The van der Waals surface area contributed by atoms with Crippen LogP contribution in [0.15, 0.2) is 88.5 Å². The van der Waals surface area contributed by atoms with Gasteiger partial charge in [0.25, 0.3) is 0 Å². The predicted molar refractivity (Wildman–Crippen MR) is 164 cm³/mol. The van der Waals surface area contributed by atoms with Crippen molar-refractivity contribution in [1.29, 1.82) is 0 Å². The second-order valence-corrected chi connectivity index (χ2v) is 12.9. The van der Waals surface area contributed by atoms with Gasteiger partial charge >= 0.3 is 12.2 Å². The number of hydrogen-bond acceptors (Lipinski definition) is 11. The summed E-state index contributed by atoms with van der Waals surface area (Å²) in [7, 11) is 0. The molecule has 9 nitrogen and oxygen atoms in total. The van der Waals surface area contributed by atoms with E-state index in [9.17, 15) is 9.59 Å². The molecule has 2 amide bonds. The van der Waals surface area contributed by atoms with Crippen LogP contribution in [0.2, 0.25) is 0 Å². The van der Waals surface area contributed by atoms with Crippen molar-refractivity contribution in [2.75, 3.05) is 13.6 Å². The summed E-state index contributed by atoms with van der Waals surface area (Å²) in [6.07, 6.45) is 1.98. The van der Waals surface area contributed by atoms with Crippen molar-refractivity contribution >= 4 is 57.5 Å². The van der Waals surface area contributed by atoms with Crippen LogP contribution in [0.1, 0.15) is 19.5 Å². The number of ether oxygens (including phenoxy) is 4. The fraction of sp³-hybridized carbons (Fsp3) is 0.207. The third kappa shape index (κ3) is 9.05. The Labute approximate surface area is 259 Å². The minimum Gasteiger partial charge on any atom is -0.456 e. The Morgan fingerprint density at radius 1 is 0.595 bits per heavy atom. The molecule has 0 aliphatic carbocycles. The maximum absolute atomic E-state index is 12.9. The largest absolute Gasteiger partial charge is 0.456 e. The van der Waals surface area contributed by atoms with Crippen molar-refractivity contribution in [3.63, 3.8) is 0 Å². The monoisotopic (exact) mass is 641 g/mol. The number of hydrogen-bond donors (Lipinski definition) is 0.